The van der Waals surface area contributed by atoms with Crippen molar-refractivity contribution in [2.75, 3.05) is 19.6 Å². The third-order valence-electron chi connectivity index (χ3n) is 2.97. The molecule has 0 fully saturated rings. The van der Waals surface area contributed by atoms with Gasteiger partial charge in [-0.15, -0.1) is 11.3 Å². The van der Waals surface area contributed by atoms with Crippen molar-refractivity contribution in [3.8, 4) is 0 Å². The maximum atomic E-state index is 3.45. The van der Waals surface area contributed by atoms with Gasteiger partial charge in [-0.05, 0) is 31.5 Å². The smallest absolute Gasteiger partial charge is 0.0331 e. The lowest BCUT2D eigenvalue weighted by molar-refractivity contribution is 0.293. The van der Waals surface area contributed by atoms with Crippen LogP contribution in [0.25, 0.3) is 0 Å². The Morgan fingerprint density at radius 1 is 1.29 bits per heavy atom. The van der Waals surface area contributed by atoms with Gasteiger partial charge in [-0.2, -0.15) is 0 Å². The number of hydrogen-bond donors (Lipinski definition) is 1. The standard InChI is InChI=1S/C14H22N2S/c1-2-8-15-11-13-6-7-14(17-13)12-16-9-4-3-5-10-16/h3-4,6-7,15H,2,5,8-12H2,1H3. The molecule has 0 unspecified atom stereocenters. The molecule has 3 heteroatoms. The molecule has 2 rings (SSSR count). The number of rotatable bonds is 6. The van der Waals surface area contributed by atoms with Gasteiger partial charge in [-0.25, -0.2) is 0 Å². The monoisotopic (exact) mass is 250 g/mol. The number of hydrogen-bond acceptors (Lipinski definition) is 3. The molecule has 1 aliphatic rings. The summed E-state index contributed by atoms with van der Waals surface area (Å²) < 4.78 is 0. The van der Waals surface area contributed by atoms with Gasteiger partial charge in [-0.1, -0.05) is 19.1 Å². The molecule has 0 saturated heterocycles. The zero-order valence-corrected chi connectivity index (χ0v) is 11.4. The van der Waals surface area contributed by atoms with Crippen molar-refractivity contribution in [2.45, 2.75) is 32.9 Å². The summed E-state index contributed by atoms with van der Waals surface area (Å²) in [5.74, 6) is 0. The summed E-state index contributed by atoms with van der Waals surface area (Å²) in [4.78, 5) is 5.46. The summed E-state index contributed by atoms with van der Waals surface area (Å²) in [6.45, 7) is 7.78. The minimum atomic E-state index is 1.03. The first-order valence-corrected chi connectivity index (χ1v) is 7.36. The average molecular weight is 250 g/mol. The van der Waals surface area contributed by atoms with Crippen LogP contribution in [-0.2, 0) is 13.1 Å². The molecule has 0 saturated carbocycles. The largest absolute Gasteiger partial charge is 0.312 e. The molecule has 0 radical (unpaired) electrons. The number of nitrogens with zero attached hydrogens (tertiary/aromatic N) is 1. The molecule has 1 aromatic rings. The molecule has 0 amide bonds. The fraction of sp³-hybridized carbons (Fsp3) is 0.571. The summed E-state index contributed by atoms with van der Waals surface area (Å²) in [6, 6.07) is 4.55. The number of nitrogens with one attached hydrogen (secondary N) is 1. The minimum absolute atomic E-state index is 1.03. The summed E-state index contributed by atoms with van der Waals surface area (Å²) in [7, 11) is 0. The first kappa shape index (κ1) is 12.8. The molecule has 1 N–H and O–H groups in total. The predicted octanol–water partition coefficient (Wildman–Crippen LogP) is 3.01. The molecule has 94 valence electrons. The zero-order valence-electron chi connectivity index (χ0n) is 10.6. The molecule has 1 aromatic heterocycles. The lowest BCUT2D eigenvalue weighted by Gasteiger charge is -2.21. The fourth-order valence-corrected chi connectivity index (χ4v) is 3.07. The first-order valence-electron chi connectivity index (χ1n) is 6.54. The molecule has 2 heterocycles. The van der Waals surface area contributed by atoms with Gasteiger partial charge in [0.1, 0.15) is 0 Å². The van der Waals surface area contributed by atoms with E-state index < -0.39 is 0 Å². The van der Waals surface area contributed by atoms with E-state index in [1.165, 1.54) is 29.1 Å². The van der Waals surface area contributed by atoms with Crippen molar-refractivity contribution in [3.63, 3.8) is 0 Å². The Morgan fingerprint density at radius 3 is 2.94 bits per heavy atom. The first-order chi connectivity index (χ1) is 8.38. The Kier molecular flexibility index (Phi) is 5.23. The van der Waals surface area contributed by atoms with Crippen molar-refractivity contribution >= 4 is 11.3 Å². The lowest BCUT2D eigenvalue weighted by atomic mass is 10.2. The lowest BCUT2D eigenvalue weighted by Crippen LogP contribution is -2.26. The third kappa shape index (κ3) is 4.26. The molecule has 2 nitrogen and oxygen atoms in total. The average Bonchev–Trinajstić information content (AvgIpc) is 2.79. The minimum Gasteiger partial charge on any atom is -0.312 e. The summed E-state index contributed by atoms with van der Waals surface area (Å²) >= 11 is 1.95. The van der Waals surface area contributed by atoms with E-state index in [0.29, 0.717) is 0 Å². The van der Waals surface area contributed by atoms with Crippen LogP contribution in [0.5, 0.6) is 0 Å². The van der Waals surface area contributed by atoms with E-state index in [0.717, 1.165) is 26.2 Å². The van der Waals surface area contributed by atoms with Crippen LogP contribution in [0.1, 0.15) is 29.5 Å². The third-order valence-corrected chi connectivity index (χ3v) is 4.04. The molecule has 1 aliphatic heterocycles. The van der Waals surface area contributed by atoms with Crippen LogP contribution < -0.4 is 5.32 Å². The van der Waals surface area contributed by atoms with Crippen LogP contribution in [0.4, 0.5) is 0 Å². The van der Waals surface area contributed by atoms with Crippen LogP contribution in [0.2, 0.25) is 0 Å². The highest BCUT2D eigenvalue weighted by Crippen LogP contribution is 2.19. The van der Waals surface area contributed by atoms with Crippen LogP contribution in [0.3, 0.4) is 0 Å². The Labute approximate surface area is 108 Å². The molecule has 17 heavy (non-hydrogen) atoms. The van der Waals surface area contributed by atoms with Gasteiger partial charge >= 0.3 is 0 Å². The van der Waals surface area contributed by atoms with E-state index in [1.807, 2.05) is 11.3 Å². The van der Waals surface area contributed by atoms with Gasteiger partial charge in [0.2, 0.25) is 0 Å². The highest BCUT2D eigenvalue weighted by molar-refractivity contribution is 7.11. The van der Waals surface area contributed by atoms with Crippen LogP contribution in [0.15, 0.2) is 24.3 Å². The Morgan fingerprint density at radius 2 is 2.18 bits per heavy atom. The zero-order chi connectivity index (χ0) is 11.9. The second-order valence-corrected chi connectivity index (χ2v) is 5.79. The second-order valence-electron chi connectivity index (χ2n) is 4.54. The second kappa shape index (κ2) is 6.94. The van der Waals surface area contributed by atoms with E-state index in [-0.39, 0.29) is 0 Å². The van der Waals surface area contributed by atoms with Crippen LogP contribution in [-0.4, -0.2) is 24.5 Å². The van der Waals surface area contributed by atoms with E-state index in [1.54, 1.807) is 0 Å². The SMILES string of the molecule is CCCNCc1ccc(CN2CC=CCC2)s1. The van der Waals surface area contributed by atoms with Crippen molar-refractivity contribution < 1.29 is 0 Å². The van der Waals surface area contributed by atoms with Gasteiger partial charge in [0.25, 0.3) is 0 Å². The molecular formula is C14H22N2S. The van der Waals surface area contributed by atoms with Crippen molar-refractivity contribution in [1.29, 1.82) is 0 Å². The molecular weight excluding hydrogens is 228 g/mol. The van der Waals surface area contributed by atoms with Gasteiger partial charge in [0, 0.05) is 35.9 Å². The van der Waals surface area contributed by atoms with Gasteiger partial charge in [0.05, 0.1) is 0 Å². The highest BCUT2D eigenvalue weighted by Gasteiger charge is 2.08. The highest BCUT2D eigenvalue weighted by atomic mass is 32.1. The molecule has 0 aromatic carbocycles. The van der Waals surface area contributed by atoms with Crippen molar-refractivity contribution in [3.05, 3.63) is 34.0 Å². The molecule has 0 bridgehead atoms. The van der Waals surface area contributed by atoms with Crippen molar-refractivity contribution in [2.24, 2.45) is 0 Å². The molecule has 0 atom stereocenters. The van der Waals surface area contributed by atoms with Gasteiger partial charge in [-0.3, -0.25) is 4.90 Å². The van der Waals surface area contributed by atoms with E-state index in [9.17, 15) is 0 Å². The van der Waals surface area contributed by atoms with Crippen LogP contribution in [0, 0.1) is 0 Å². The van der Waals surface area contributed by atoms with Gasteiger partial charge in [0.15, 0.2) is 0 Å². The quantitative estimate of drug-likeness (QED) is 0.617. The maximum absolute atomic E-state index is 3.45. The topological polar surface area (TPSA) is 15.3 Å². The maximum Gasteiger partial charge on any atom is 0.0331 e. The normalized spacial score (nSPS) is 16.5. The van der Waals surface area contributed by atoms with Crippen LogP contribution >= 0.6 is 11.3 Å². The predicted molar refractivity (Wildman–Crippen MR) is 75.4 cm³/mol. The van der Waals surface area contributed by atoms with E-state index >= 15 is 0 Å². The summed E-state index contributed by atoms with van der Waals surface area (Å²) in [6.07, 6.45) is 6.97. The van der Waals surface area contributed by atoms with E-state index in [2.05, 4.69) is 41.4 Å². The Bertz CT molecular complexity index is 357. The van der Waals surface area contributed by atoms with Crippen molar-refractivity contribution in [1.82, 2.24) is 10.2 Å². The van der Waals surface area contributed by atoms with Gasteiger partial charge < -0.3 is 5.32 Å². The fourth-order valence-electron chi connectivity index (χ4n) is 2.04. The molecule has 0 aliphatic carbocycles. The Hall–Kier alpha value is -0.640. The summed E-state index contributed by atoms with van der Waals surface area (Å²) in [5.41, 5.74) is 0. The number of thiophene rings is 1. The molecule has 0 spiro atoms. The summed E-state index contributed by atoms with van der Waals surface area (Å²) in [5, 5.41) is 3.45. The Balaban J connectivity index is 1.79. The van der Waals surface area contributed by atoms with E-state index in [4.69, 9.17) is 0 Å².